The second-order valence-corrected chi connectivity index (χ2v) is 8.25. The van der Waals surface area contributed by atoms with Gasteiger partial charge in [-0.3, -0.25) is 19.7 Å². The normalized spacial score (nSPS) is 15.5. The van der Waals surface area contributed by atoms with Gasteiger partial charge in [0.15, 0.2) is 0 Å². The molecule has 1 fully saturated rings. The number of nitrogens with zero attached hydrogens (tertiary/aromatic N) is 1. The minimum Gasteiger partial charge on any atom is -0.391 e. The quantitative estimate of drug-likeness (QED) is 0.239. The lowest BCUT2D eigenvalue weighted by Gasteiger charge is -2.33. The molecule has 0 bridgehead atoms. The lowest BCUT2D eigenvalue weighted by molar-refractivity contribution is -0.135. The fraction of sp³-hybridized carbons (Fsp3) is 0.346. The molecule has 3 rings (SSSR count). The van der Waals surface area contributed by atoms with Gasteiger partial charge in [0, 0.05) is 22.9 Å². The number of benzene rings is 2. The largest absolute Gasteiger partial charge is 0.391 e. The Balaban J connectivity index is 1.82. The average molecular weight is 463 g/mol. The summed E-state index contributed by atoms with van der Waals surface area (Å²) in [7, 11) is 0. The first-order chi connectivity index (χ1) is 16.4. The van der Waals surface area contributed by atoms with E-state index in [-0.39, 0.29) is 12.6 Å². The Bertz CT molecular complexity index is 1020. The van der Waals surface area contributed by atoms with Gasteiger partial charge in [-0.15, -0.1) is 0 Å². The van der Waals surface area contributed by atoms with Crippen LogP contribution >= 0.6 is 0 Å². The summed E-state index contributed by atoms with van der Waals surface area (Å²) in [6.07, 6.45) is 0.567. The molecule has 8 heteroatoms. The van der Waals surface area contributed by atoms with Crippen LogP contribution < -0.4 is 21.0 Å². The highest BCUT2D eigenvalue weighted by Gasteiger charge is 2.35. The lowest BCUT2D eigenvalue weighted by Crippen LogP contribution is -2.57. The number of anilines is 1. The van der Waals surface area contributed by atoms with Crippen LogP contribution in [0.1, 0.15) is 36.5 Å². The maximum atomic E-state index is 13.2. The number of nitrogens with one attached hydrogen (secondary N) is 3. The Morgan fingerprint density at radius 3 is 2.18 bits per heavy atom. The summed E-state index contributed by atoms with van der Waals surface area (Å²) in [6, 6.07) is 12.9. The molecule has 2 radical (unpaired) electrons. The van der Waals surface area contributed by atoms with Gasteiger partial charge < -0.3 is 15.7 Å². The molecule has 2 aromatic carbocycles. The lowest BCUT2D eigenvalue weighted by atomic mass is 10.1. The number of piperidine rings is 1. The first-order valence-electron chi connectivity index (χ1n) is 11.2. The van der Waals surface area contributed by atoms with Gasteiger partial charge in [0.25, 0.3) is 5.91 Å². The van der Waals surface area contributed by atoms with Crippen LogP contribution in [-0.2, 0) is 9.59 Å². The van der Waals surface area contributed by atoms with Gasteiger partial charge in [0.1, 0.15) is 6.04 Å². The van der Waals surface area contributed by atoms with Crippen molar-refractivity contribution in [2.45, 2.75) is 38.0 Å². The van der Waals surface area contributed by atoms with Gasteiger partial charge in [-0.1, -0.05) is 24.0 Å². The Labute approximate surface area is 200 Å². The van der Waals surface area contributed by atoms with Crippen molar-refractivity contribution < 1.29 is 19.9 Å². The molecule has 2 aromatic rings. The van der Waals surface area contributed by atoms with Crippen LogP contribution in [-0.4, -0.2) is 60.0 Å². The Kier molecular flexibility index (Phi) is 9.19. The molecular formula is C26H30N4O4. The summed E-state index contributed by atoms with van der Waals surface area (Å²) in [5.41, 5.74) is 4.15. The van der Waals surface area contributed by atoms with Gasteiger partial charge in [-0.05, 0) is 81.7 Å². The number of amides is 2. The van der Waals surface area contributed by atoms with Crippen molar-refractivity contribution in [1.29, 1.82) is 0 Å². The van der Waals surface area contributed by atoms with E-state index in [9.17, 15) is 19.9 Å². The number of carbonyl (C=O) groups excluding carboxylic acids is 2. The number of hydrogen-bond acceptors (Lipinski definition) is 6. The van der Waals surface area contributed by atoms with Crippen LogP contribution in [0.4, 0.5) is 5.69 Å². The second kappa shape index (κ2) is 12.3. The van der Waals surface area contributed by atoms with E-state index in [1.54, 1.807) is 41.9 Å². The highest BCUT2D eigenvalue weighted by atomic mass is 16.5. The average Bonchev–Trinajstić information content (AvgIpc) is 2.86. The molecule has 0 spiro atoms. The predicted octanol–water partition coefficient (Wildman–Crippen LogP) is 1.07. The molecule has 5 N–H and O–H groups in total. The van der Waals surface area contributed by atoms with E-state index in [0.717, 1.165) is 31.5 Å². The van der Waals surface area contributed by atoms with Crippen molar-refractivity contribution in [2.24, 2.45) is 0 Å². The standard InChI is InChI=1S/C26H30N4O4/c1-18-3-5-20(6-4-18)7-8-21-9-11-23(12-10-21)30(25(19(2)31)26(33)29-34)24(32)17-28-22-13-15-27-16-14-22/h1,3-6,9-12,19,22,25,27-28,31,34H,13-17H2,2H3,(H,29,33)/t19-,25+/m1/s1. The molecule has 0 aromatic heterocycles. The third kappa shape index (κ3) is 6.89. The summed E-state index contributed by atoms with van der Waals surface area (Å²) in [5, 5.41) is 26.0. The van der Waals surface area contributed by atoms with Gasteiger partial charge in [-0.2, -0.15) is 0 Å². The fourth-order valence-corrected chi connectivity index (χ4v) is 3.84. The number of carbonyl (C=O) groups is 2. The molecule has 0 aliphatic carbocycles. The van der Waals surface area contributed by atoms with Crippen molar-refractivity contribution >= 4 is 17.5 Å². The molecular weight excluding hydrogens is 432 g/mol. The van der Waals surface area contributed by atoms with Gasteiger partial charge in [-0.25, -0.2) is 5.48 Å². The van der Waals surface area contributed by atoms with E-state index >= 15 is 0 Å². The maximum Gasteiger partial charge on any atom is 0.269 e. The first-order valence-corrected chi connectivity index (χ1v) is 11.2. The third-order valence-electron chi connectivity index (χ3n) is 5.67. The molecule has 1 aliphatic rings. The van der Waals surface area contributed by atoms with E-state index in [1.807, 2.05) is 12.1 Å². The Hall–Kier alpha value is -3.22. The van der Waals surface area contributed by atoms with E-state index in [0.29, 0.717) is 16.8 Å². The minimum atomic E-state index is -1.31. The summed E-state index contributed by atoms with van der Waals surface area (Å²) in [6.45, 7) is 8.83. The predicted molar refractivity (Wildman–Crippen MR) is 129 cm³/mol. The molecule has 34 heavy (non-hydrogen) atoms. The zero-order chi connectivity index (χ0) is 24.5. The number of aliphatic hydroxyl groups is 1. The third-order valence-corrected chi connectivity index (χ3v) is 5.67. The minimum absolute atomic E-state index is 0.00864. The molecule has 1 aliphatic heterocycles. The highest BCUT2D eigenvalue weighted by Crippen LogP contribution is 2.21. The van der Waals surface area contributed by atoms with Crippen molar-refractivity contribution in [3.8, 4) is 11.8 Å². The number of hydroxylamine groups is 1. The van der Waals surface area contributed by atoms with Gasteiger partial charge >= 0.3 is 0 Å². The summed E-state index contributed by atoms with van der Waals surface area (Å²) in [4.78, 5) is 26.8. The monoisotopic (exact) mass is 462 g/mol. The molecule has 0 unspecified atom stereocenters. The molecule has 1 heterocycles. The number of rotatable bonds is 7. The van der Waals surface area contributed by atoms with Crippen molar-refractivity contribution in [2.75, 3.05) is 24.5 Å². The number of aliphatic hydroxyl groups excluding tert-OH is 1. The number of hydrogen-bond donors (Lipinski definition) is 5. The molecule has 8 nitrogen and oxygen atoms in total. The zero-order valence-corrected chi connectivity index (χ0v) is 19.1. The molecule has 0 saturated carbocycles. The van der Waals surface area contributed by atoms with Crippen molar-refractivity contribution in [3.05, 3.63) is 72.1 Å². The molecule has 2 atom stereocenters. The smallest absolute Gasteiger partial charge is 0.269 e. The first kappa shape index (κ1) is 25.4. The van der Waals surface area contributed by atoms with Crippen LogP contribution in [0.3, 0.4) is 0 Å². The molecule has 1 saturated heterocycles. The van der Waals surface area contributed by atoms with Crippen LogP contribution in [0, 0.1) is 18.8 Å². The van der Waals surface area contributed by atoms with Gasteiger partial charge in [0.05, 0.1) is 12.6 Å². The van der Waals surface area contributed by atoms with E-state index in [1.165, 1.54) is 11.8 Å². The van der Waals surface area contributed by atoms with Crippen LogP contribution in [0.2, 0.25) is 0 Å². The van der Waals surface area contributed by atoms with E-state index in [2.05, 4.69) is 22.5 Å². The maximum absolute atomic E-state index is 13.2. The SMILES string of the molecule is [CH]c1ccc(C#Cc2ccc(N(C(=O)CNC3CCNCC3)[C@H](C(=O)NO)[C@@H](C)O)cc2)cc1. The van der Waals surface area contributed by atoms with Crippen molar-refractivity contribution in [1.82, 2.24) is 16.1 Å². The van der Waals surface area contributed by atoms with Crippen LogP contribution in [0.25, 0.3) is 0 Å². The molecule has 2 amide bonds. The van der Waals surface area contributed by atoms with Gasteiger partial charge in [0.2, 0.25) is 5.91 Å². The van der Waals surface area contributed by atoms with Crippen LogP contribution in [0.15, 0.2) is 48.5 Å². The second-order valence-electron chi connectivity index (χ2n) is 8.25. The summed E-state index contributed by atoms with van der Waals surface area (Å²) < 4.78 is 0. The highest BCUT2D eigenvalue weighted by molar-refractivity contribution is 6.01. The summed E-state index contributed by atoms with van der Waals surface area (Å²) >= 11 is 0. The molecule has 178 valence electrons. The Morgan fingerprint density at radius 2 is 1.65 bits per heavy atom. The Morgan fingerprint density at radius 1 is 1.09 bits per heavy atom. The van der Waals surface area contributed by atoms with E-state index in [4.69, 9.17) is 6.92 Å². The summed E-state index contributed by atoms with van der Waals surface area (Å²) in [5.74, 6) is 4.82. The zero-order valence-electron chi connectivity index (χ0n) is 19.1. The van der Waals surface area contributed by atoms with Crippen molar-refractivity contribution in [3.63, 3.8) is 0 Å². The van der Waals surface area contributed by atoms with Crippen LogP contribution in [0.5, 0.6) is 0 Å². The fourth-order valence-electron chi connectivity index (χ4n) is 3.84. The van der Waals surface area contributed by atoms with E-state index < -0.39 is 24.0 Å². The topological polar surface area (TPSA) is 114 Å².